The van der Waals surface area contributed by atoms with E-state index in [2.05, 4.69) is 73.0 Å². The van der Waals surface area contributed by atoms with Gasteiger partial charge in [0, 0.05) is 19.2 Å². The van der Waals surface area contributed by atoms with E-state index in [1.165, 1.54) is 0 Å². The minimum absolute atomic E-state index is 0.115. The first kappa shape index (κ1) is 24.3. The quantitative estimate of drug-likeness (QED) is 0.447. The molecular weight excluding hydrogens is 358 g/mol. The molecule has 1 fully saturated rings. The smallest absolute Gasteiger partial charge is 0.192 e. The van der Waals surface area contributed by atoms with Gasteiger partial charge in [0.05, 0.1) is 12.2 Å². The molecule has 0 aromatic heterocycles. The van der Waals surface area contributed by atoms with E-state index in [4.69, 9.17) is 14.0 Å². The first-order chi connectivity index (χ1) is 11.6. The van der Waals surface area contributed by atoms with Crippen LogP contribution in [0.3, 0.4) is 0 Å². The van der Waals surface area contributed by atoms with Gasteiger partial charge in [0.1, 0.15) is 0 Å². The van der Waals surface area contributed by atoms with Crippen molar-refractivity contribution >= 4 is 16.6 Å². The molecule has 0 amide bonds. The van der Waals surface area contributed by atoms with Crippen molar-refractivity contribution in [2.24, 2.45) is 0 Å². The third-order valence-corrected chi connectivity index (χ3v) is 15.7. The van der Waals surface area contributed by atoms with Crippen LogP contribution < -0.4 is 5.32 Å². The summed E-state index contributed by atoms with van der Waals surface area (Å²) in [4.78, 5) is 0. The summed E-state index contributed by atoms with van der Waals surface area (Å²) >= 11 is 0. The van der Waals surface area contributed by atoms with Gasteiger partial charge in [-0.3, -0.25) is 0 Å². The lowest BCUT2D eigenvalue weighted by atomic mass is 10.0. The van der Waals surface area contributed by atoms with E-state index in [1.807, 2.05) is 0 Å². The van der Waals surface area contributed by atoms with Gasteiger partial charge in [-0.05, 0) is 55.5 Å². The van der Waals surface area contributed by atoms with Gasteiger partial charge in [0.15, 0.2) is 16.6 Å². The zero-order valence-electron chi connectivity index (χ0n) is 19.0. The van der Waals surface area contributed by atoms with E-state index >= 15 is 0 Å². The standard InChI is InChI=1S/C20H45NO3Si2/c1-19(2,3)25(7,8)23-17-15-21-16(13-11-12-14-22)18(17)24-26(9,10)20(4,5)6/h16-18,21-22H,11-15H2,1-10H3/t16-,17-,18-/m0/s1. The molecule has 0 spiro atoms. The third kappa shape index (κ3) is 6.14. The van der Waals surface area contributed by atoms with Crippen LogP contribution in [0.15, 0.2) is 0 Å². The summed E-state index contributed by atoms with van der Waals surface area (Å²) in [7, 11) is -3.72. The van der Waals surface area contributed by atoms with Gasteiger partial charge in [-0.2, -0.15) is 0 Å². The van der Waals surface area contributed by atoms with Gasteiger partial charge in [-0.15, -0.1) is 0 Å². The first-order valence-corrected chi connectivity index (χ1v) is 16.1. The van der Waals surface area contributed by atoms with Gasteiger partial charge in [0.25, 0.3) is 0 Å². The van der Waals surface area contributed by atoms with Crippen LogP contribution >= 0.6 is 0 Å². The Kier molecular flexibility index (Phi) is 8.17. The van der Waals surface area contributed by atoms with Gasteiger partial charge in [-0.1, -0.05) is 41.5 Å². The highest BCUT2D eigenvalue weighted by atomic mass is 28.4. The zero-order chi connectivity index (χ0) is 20.4. The van der Waals surface area contributed by atoms with Crippen LogP contribution in [0.5, 0.6) is 0 Å². The number of aliphatic hydroxyl groups is 1. The Hall–Kier alpha value is 0.274. The monoisotopic (exact) mass is 403 g/mol. The second kappa shape index (κ2) is 8.74. The van der Waals surface area contributed by atoms with E-state index in [-0.39, 0.29) is 28.9 Å². The summed E-state index contributed by atoms with van der Waals surface area (Å²) in [5.74, 6) is 0. The van der Waals surface area contributed by atoms with E-state index in [0.29, 0.717) is 6.04 Å². The molecule has 26 heavy (non-hydrogen) atoms. The Morgan fingerprint density at radius 3 is 1.85 bits per heavy atom. The van der Waals surface area contributed by atoms with Gasteiger partial charge in [-0.25, -0.2) is 0 Å². The average Bonchev–Trinajstić information content (AvgIpc) is 2.78. The topological polar surface area (TPSA) is 50.7 Å². The lowest BCUT2D eigenvalue weighted by molar-refractivity contribution is 0.0532. The van der Waals surface area contributed by atoms with Crippen molar-refractivity contribution in [3.05, 3.63) is 0 Å². The first-order valence-electron chi connectivity index (χ1n) is 10.3. The Bertz CT molecular complexity index is 441. The van der Waals surface area contributed by atoms with Crippen molar-refractivity contribution in [1.29, 1.82) is 0 Å². The fourth-order valence-corrected chi connectivity index (χ4v) is 5.52. The summed E-state index contributed by atoms with van der Waals surface area (Å²) in [6.07, 6.45) is 3.17. The summed E-state index contributed by atoms with van der Waals surface area (Å²) in [6.45, 7) is 24.2. The number of hydrogen-bond acceptors (Lipinski definition) is 4. The van der Waals surface area contributed by atoms with Crippen molar-refractivity contribution in [3.8, 4) is 0 Å². The minimum Gasteiger partial charge on any atom is -0.410 e. The van der Waals surface area contributed by atoms with Crippen molar-refractivity contribution in [2.75, 3.05) is 13.2 Å². The Morgan fingerprint density at radius 1 is 0.885 bits per heavy atom. The molecule has 1 aliphatic rings. The fraction of sp³-hybridized carbons (Fsp3) is 1.00. The van der Waals surface area contributed by atoms with Gasteiger partial charge >= 0.3 is 0 Å². The molecule has 0 bridgehead atoms. The van der Waals surface area contributed by atoms with Crippen LogP contribution in [-0.2, 0) is 8.85 Å². The molecule has 1 aliphatic heterocycles. The summed E-state index contributed by atoms with van der Waals surface area (Å²) in [5.41, 5.74) is 0. The highest BCUT2D eigenvalue weighted by molar-refractivity contribution is 6.74. The van der Waals surface area contributed by atoms with Crippen LogP contribution in [0.25, 0.3) is 0 Å². The highest BCUT2D eigenvalue weighted by Crippen LogP contribution is 2.41. The third-order valence-electron chi connectivity index (χ3n) is 6.76. The van der Waals surface area contributed by atoms with Gasteiger partial charge < -0.3 is 19.3 Å². The molecule has 0 aromatic rings. The summed E-state index contributed by atoms with van der Waals surface area (Å²) in [6, 6.07) is 0.324. The predicted molar refractivity (Wildman–Crippen MR) is 117 cm³/mol. The number of nitrogens with one attached hydrogen (secondary N) is 1. The molecule has 0 aromatic carbocycles. The molecule has 0 aliphatic carbocycles. The lowest BCUT2D eigenvalue weighted by Gasteiger charge is -2.44. The van der Waals surface area contributed by atoms with Crippen LogP contribution in [0, 0.1) is 0 Å². The number of unbranched alkanes of at least 4 members (excludes halogenated alkanes) is 1. The summed E-state index contributed by atoms with van der Waals surface area (Å²) < 4.78 is 13.7. The summed E-state index contributed by atoms with van der Waals surface area (Å²) in [5, 5.41) is 13.2. The Balaban J connectivity index is 2.98. The molecule has 2 N–H and O–H groups in total. The van der Waals surface area contributed by atoms with E-state index in [1.54, 1.807) is 0 Å². The van der Waals surface area contributed by atoms with Crippen molar-refractivity contribution in [3.63, 3.8) is 0 Å². The maximum atomic E-state index is 9.13. The lowest BCUT2D eigenvalue weighted by Crippen LogP contribution is -2.53. The van der Waals surface area contributed by atoms with Crippen LogP contribution in [0.2, 0.25) is 36.3 Å². The molecule has 6 heteroatoms. The van der Waals surface area contributed by atoms with Gasteiger partial charge in [0.2, 0.25) is 0 Å². The van der Waals surface area contributed by atoms with E-state index in [9.17, 15) is 0 Å². The van der Waals surface area contributed by atoms with Crippen LogP contribution in [0.4, 0.5) is 0 Å². The van der Waals surface area contributed by atoms with Crippen LogP contribution in [-0.4, -0.2) is 53.1 Å². The number of hydrogen-bond donors (Lipinski definition) is 2. The van der Waals surface area contributed by atoms with E-state index < -0.39 is 16.6 Å². The SMILES string of the molecule is CC(C)(C)[Si](C)(C)O[C@H]1[C@H](CCCCO)NC[C@@H]1O[Si](C)(C)C(C)(C)C. The minimum atomic E-state index is -1.88. The zero-order valence-corrected chi connectivity index (χ0v) is 21.0. The molecule has 1 heterocycles. The number of aliphatic hydroxyl groups excluding tert-OH is 1. The average molecular weight is 404 g/mol. The maximum absolute atomic E-state index is 9.13. The molecule has 0 unspecified atom stereocenters. The van der Waals surface area contributed by atoms with Crippen molar-refractivity contribution in [2.45, 2.75) is 115 Å². The maximum Gasteiger partial charge on any atom is 0.192 e. The van der Waals surface area contributed by atoms with Crippen molar-refractivity contribution in [1.82, 2.24) is 5.32 Å². The molecule has 0 radical (unpaired) electrons. The molecule has 0 saturated carbocycles. The molecular formula is C20H45NO3Si2. The second-order valence-corrected chi connectivity index (χ2v) is 20.5. The Labute approximate surface area is 164 Å². The largest absolute Gasteiger partial charge is 0.410 e. The van der Waals surface area contributed by atoms with Crippen molar-refractivity contribution < 1.29 is 14.0 Å². The molecule has 1 saturated heterocycles. The predicted octanol–water partition coefficient (Wildman–Crippen LogP) is 4.90. The van der Waals surface area contributed by atoms with E-state index in [0.717, 1.165) is 25.8 Å². The molecule has 156 valence electrons. The fourth-order valence-electron chi connectivity index (χ4n) is 2.84. The van der Waals surface area contributed by atoms with Crippen LogP contribution in [0.1, 0.15) is 60.8 Å². The highest BCUT2D eigenvalue weighted by Gasteiger charge is 2.48. The molecule has 1 rings (SSSR count). The number of rotatable bonds is 8. The molecule has 4 nitrogen and oxygen atoms in total. The molecule has 3 atom stereocenters. The second-order valence-electron chi connectivity index (χ2n) is 11.0. The normalized spacial score (nSPS) is 25.7. The Morgan fingerprint density at radius 2 is 1.38 bits per heavy atom.